The molecule has 0 spiro atoms. The van der Waals surface area contributed by atoms with Crippen LogP contribution in [-0.4, -0.2) is 29.2 Å². The van der Waals surface area contributed by atoms with Crippen LogP contribution >= 0.6 is 11.3 Å². The summed E-state index contributed by atoms with van der Waals surface area (Å²) in [6.07, 6.45) is 3.64. The van der Waals surface area contributed by atoms with Crippen molar-refractivity contribution in [1.82, 2.24) is 15.3 Å². The van der Waals surface area contributed by atoms with Crippen molar-refractivity contribution in [2.24, 2.45) is 0 Å². The topological polar surface area (TPSA) is 73.3 Å². The Morgan fingerprint density at radius 3 is 3.14 bits per heavy atom. The van der Waals surface area contributed by atoms with Gasteiger partial charge in [0.05, 0.1) is 18.5 Å². The van der Waals surface area contributed by atoms with Gasteiger partial charge in [0.2, 0.25) is 0 Å². The second kappa shape index (κ2) is 8.21. The first kappa shape index (κ1) is 15.2. The Kier molecular flexibility index (Phi) is 5.96. The Hall–Kier alpha value is -2.15. The van der Waals surface area contributed by atoms with Gasteiger partial charge in [0.15, 0.2) is 0 Å². The van der Waals surface area contributed by atoms with Crippen LogP contribution in [0.4, 0.5) is 4.79 Å². The molecule has 0 fully saturated rings. The molecule has 0 radical (unpaired) electrons. The van der Waals surface area contributed by atoms with Gasteiger partial charge in [0, 0.05) is 24.5 Å². The fourth-order valence-corrected chi connectivity index (χ4v) is 2.32. The number of hydrogen-bond donors (Lipinski definition) is 1. The van der Waals surface area contributed by atoms with Gasteiger partial charge in [0.25, 0.3) is 0 Å². The summed E-state index contributed by atoms with van der Waals surface area (Å²) < 4.78 is 10.4. The van der Waals surface area contributed by atoms with E-state index in [1.165, 1.54) is 11.3 Å². The van der Waals surface area contributed by atoms with Gasteiger partial charge in [-0.1, -0.05) is 0 Å². The molecule has 0 saturated carbocycles. The molecule has 0 saturated heterocycles. The third kappa shape index (κ3) is 5.39. The van der Waals surface area contributed by atoms with Crippen molar-refractivity contribution in [2.45, 2.75) is 20.0 Å². The van der Waals surface area contributed by atoms with Gasteiger partial charge in [-0.05, 0) is 19.1 Å². The SMILES string of the molecule is CCOC(=O)NCCc1csc(COc2cccnc2)n1. The van der Waals surface area contributed by atoms with Crippen LogP contribution in [0, 0.1) is 0 Å². The molecule has 0 aromatic carbocycles. The Morgan fingerprint density at radius 2 is 2.38 bits per heavy atom. The normalized spacial score (nSPS) is 10.1. The average molecular weight is 307 g/mol. The van der Waals surface area contributed by atoms with Crippen LogP contribution < -0.4 is 10.1 Å². The molecular weight excluding hydrogens is 290 g/mol. The van der Waals surface area contributed by atoms with Crippen molar-refractivity contribution >= 4 is 17.4 Å². The van der Waals surface area contributed by atoms with E-state index in [0.29, 0.717) is 26.2 Å². The van der Waals surface area contributed by atoms with E-state index in [0.717, 1.165) is 16.5 Å². The highest BCUT2D eigenvalue weighted by Gasteiger charge is 2.05. The number of pyridine rings is 1. The van der Waals surface area contributed by atoms with Crippen LogP contribution in [0.15, 0.2) is 29.9 Å². The highest BCUT2D eigenvalue weighted by Crippen LogP contribution is 2.14. The number of hydrogen-bond acceptors (Lipinski definition) is 6. The summed E-state index contributed by atoms with van der Waals surface area (Å²) in [5, 5.41) is 5.52. The van der Waals surface area contributed by atoms with E-state index in [-0.39, 0.29) is 0 Å². The summed E-state index contributed by atoms with van der Waals surface area (Å²) in [6, 6.07) is 3.68. The zero-order valence-corrected chi connectivity index (χ0v) is 12.6. The predicted molar refractivity (Wildman–Crippen MR) is 79.4 cm³/mol. The van der Waals surface area contributed by atoms with Gasteiger partial charge in [0.1, 0.15) is 17.4 Å². The molecule has 1 N–H and O–H groups in total. The van der Waals surface area contributed by atoms with Crippen LogP contribution in [0.25, 0.3) is 0 Å². The number of carbonyl (C=O) groups is 1. The summed E-state index contributed by atoms with van der Waals surface area (Å²) >= 11 is 1.54. The Morgan fingerprint density at radius 1 is 1.48 bits per heavy atom. The minimum atomic E-state index is -0.395. The van der Waals surface area contributed by atoms with Gasteiger partial charge in [-0.2, -0.15) is 0 Å². The van der Waals surface area contributed by atoms with Crippen LogP contribution in [0.5, 0.6) is 5.75 Å². The van der Waals surface area contributed by atoms with E-state index in [2.05, 4.69) is 15.3 Å². The lowest BCUT2D eigenvalue weighted by atomic mass is 10.3. The van der Waals surface area contributed by atoms with Gasteiger partial charge in [-0.25, -0.2) is 9.78 Å². The third-order valence-corrected chi connectivity index (χ3v) is 3.39. The summed E-state index contributed by atoms with van der Waals surface area (Å²) in [5.41, 5.74) is 0.932. The van der Waals surface area contributed by atoms with E-state index < -0.39 is 6.09 Å². The minimum absolute atomic E-state index is 0.373. The van der Waals surface area contributed by atoms with Gasteiger partial charge in [-0.15, -0.1) is 11.3 Å². The number of carbonyl (C=O) groups excluding carboxylic acids is 1. The zero-order chi connectivity index (χ0) is 14.9. The predicted octanol–water partition coefficient (Wildman–Crippen LogP) is 2.41. The van der Waals surface area contributed by atoms with E-state index in [9.17, 15) is 4.79 Å². The minimum Gasteiger partial charge on any atom is -0.485 e. The van der Waals surface area contributed by atoms with Crippen LogP contribution in [-0.2, 0) is 17.8 Å². The molecule has 112 valence electrons. The maximum absolute atomic E-state index is 11.1. The standard InChI is InChI=1S/C14H17N3O3S/c1-2-19-14(18)16-7-5-11-10-21-13(17-11)9-20-12-4-3-6-15-8-12/h3-4,6,8,10H,2,5,7,9H2,1H3,(H,16,18). The van der Waals surface area contributed by atoms with Gasteiger partial charge in [-0.3, -0.25) is 4.98 Å². The number of rotatable bonds is 7. The molecule has 2 heterocycles. The van der Waals surface area contributed by atoms with E-state index >= 15 is 0 Å². The average Bonchev–Trinajstić information content (AvgIpc) is 2.94. The smallest absolute Gasteiger partial charge is 0.407 e. The van der Waals surface area contributed by atoms with E-state index in [4.69, 9.17) is 9.47 Å². The van der Waals surface area contributed by atoms with Crippen molar-refractivity contribution < 1.29 is 14.3 Å². The summed E-state index contributed by atoms with van der Waals surface area (Å²) in [5.74, 6) is 0.721. The molecule has 0 atom stereocenters. The molecule has 0 aliphatic heterocycles. The maximum atomic E-state index is 11.1. The number of alkyl carbamates (subject to hydrolysis) is 1. The van der Waals surface area contributed by atoms with Crippen molar-refractivity contribution in [1.29, 1.82) is 0 Å². The lowest BCUT2D eigenvalue weighted by molar-refractivity contribution is 0.152. The molecule has 0 unspecified atom stereocenters. The fourth-order valence-electron chi connectivity index (χ4n) is 1.58. The number of thiazole rings is 1. The van der Waals surface area contributed by atoms with Crippen molar-refractivity contribution in [3.05, 3.63) is 40.6 Å². The van der Waals surface area contributed by atoms with Gasteiger partial charge < -0.3 is 14.8 Å². The summed E-state index contributed by atoms with van der Waals surface area (Å²) in [4.78, 5) is 19.6. The van der Waals surface area contributed by atoms with Crippen LogP contribution in [0.2, 0.25) is 0 Å². The van der Waals surface area contributed by atoms with Gasteiger partial charge >= 0.3 is 6.09 Å². The lowest BCUT2D eigenvalue weighted by Gasteiger charge is -2.03. The largest absolute Gasteiger partial charge is 0.485 e. The first-order valence-electron chi connectivity index (χ1n) is 6.64. The molecular formula is C14H17N3O3S. The van der Waals surface area contributed by atoms with E-state index in [1.54, 1.807) is 19.3 Å². The summed E-state index contributed by atoms with van der Waals surface area (Å²) in [6.45, 7) is 3.07. The molecule has 0 aliphatic carbocycles. The molecule has 2 aromatic heterocycles. The van der Waals surface area contributed by atoms with Crippen molar-refractivity contribution in [2.75, 3.05) is 13.2 Å². The number of amides is 1. The van der Waals surface area contributed by atoms with Crippen molar-refractivity contribution in [3.8, 4) is 5.75 Å². The first-order valence-corrected chi connectivity index (χ1v) is 7.52. The van der Waals surface area contributed by atoms with E-state index in [1.807, 2.05) is 17.5 Å². The molecule has 0 aliphatic rings. The highest BCUT2D eigenvalue weighted by atomic mass is 32.1. The Balaban J connectivity index is 1.72. The molecule has 2 rings (SSSR count). The second-order valence-electron chi connectivity index (χ2n) is 4.11. The van der Waals surface area contributed by atoms with Crippen molar-refractivity contribution in [3.63, 3.8) is 0 Å². The highest BCUT2D eigenvalue weighted by molar-refractivity contribution is 7.09. The molecule has 6 nitrogen and oxygen atoms in total. The fraction of sp³-hybridized carbons (Fsp3) is 0.357. The maximum Gasteiger partial charge on any atom is 0.407 e. The molecule has 1 amide bonds. The summed E-state index contributed by atoms with van der Waals surface area (Å²) in [7, 11) is 0. The Bertz CT molecular complexity index is 560. The van der Waals surface area contributed by atoms with Crippen LogP contribution in [0.3, 0.4) is 0 Å². The lowest BCUT2D eigenvalue weighted by Crippen LogP contribution is -2.26. The Labute approximate surface area is 127 Å². The third-order valence-electron chi connectivity index (χ3n) is 2.52. The molecule has 0 bridgehead atoms. The number of aromatic nitrogens is 2. The number of nitrogens with one attached hydrogen (secondary N) is 1. The zero-order valence-electron chi connectivity index (χ0n) is 11.7. The monoisotopic (exact) mass is 307 g/mol. The molecule has 2 aromatic rings. The quantitative estimate of drug-likeness (QED) is 0.850. The molecule has 7 heteroatoms. The first-order chi connectivity index (χ1) is 10.3. The van der Waals surface area contributed by atoms with Crippen LogP contribution in [0.1, 0.15) is 17.6 Å². The molecule has 21 heavy (non-hydrogen) atoms. The second-order valence-corrected chi connectivity index (χ2v) is 5.05. The number of nitrogens with zero attached hydrogens (tertiary/aromatic N) is 2. The number of ether oxygens (including phenoxy) is 2.